The quantitative estimate of drug-likeness (QED) is 0.755. The van der Waals surface area contributed by atoms with Gasteiger partial charge in [-0.15, -0.1) is 10.2 Å². The zero-order valence-electron chi connectivity index (χ0n) is 11.7. The fourth-order valence-corrected chi connectivity index (χ4v) is 2.24. The molecular formula is C14H16N6O. The van der Waals surface area contributed by atoms with Gasteiger partial charge in [-0.25, -0.2) is 4.52 Å². The van der Waals surface area contributed by atoms with Gasteiger partial charge in [0.15, 0.2) is 0 Å². The van der Waals surface area contributed by atoms with Crippen LogP contribution in [0.25, 0.3) is 5.52 Å². The first-order valence-electron chi connectivity index (χ1n) is 6.87. The van der Waals surface area contributed by atoms with Crippen LogP contribution in [0.5, 0.6) is 0 Å². The average molecular weight is 284 g/mol. The van der Waals surface area contributed by atoms with Gasteiger partial charge in [-0.2, -0.15) is 5.10 Å². The van der Waals surface area contributed by atoms with Crippen molar-refractivity contribution in [3.8, 4) is 0 Å². The van der Waals surface area contributed by atoms with Crippen LogP contribution in [0.4, 0.5) is 0 Å². The molecule has 3 aromatic rings. The zero-order valence-corrected chi connectivity index (χ0v) is 11.7. The highest BCUT2D eigenvalue weighted by Gasteiger charge is 2.10. The maximum absolute atomic E-state index is 12.2. The second-order valence-electron chi connectivity index (χ2n) is 4.62. The first-order chi connectivity index (χ1) is 10.3. The molecule has 0 saturated heterocycles. The smallest absolute Gasteiger partial charge is 0.269 e. The molecule has 0 unspecified atom stereocenters. The maximum Gasteiger partial charge on any atom is 0.269 e. The minimum atomic E-state index is -0.146. The molecule has 1 N–H and O–H groups in total. The Labute approximate surface area is 121 Å². The van der Waals surface area contributed by atoms with Gasteiger partial charge in [-0.1, -0.05) is 6.07 Å². The molecule has 0 aliphatic rings. The van der Waals surface area contributed by atoms with Gasteiger partial charge >= 0.3 is 0 Å². The lowest BCUT2D eigenvalue weighted by Gasteiger charge is -2.07. The van der Waals surface area contributed by atoms with Gasteiger partial charge in [0.25, 0.3) is 5.91 Å². The molecule has 7 heteroatoms. The molecule has 0 radical (unpaired) electrons. The van der Waals surface area contributed by atoms with E-state index in [2.05, 4.69) is 20.6 Å². The van der Waals surface area contributed by atoms with Crippen molar-refractivity contribution in [2.45, 2.75) is 19.9 Å². The van der Waals surface area contributed by atoms with Crippen LogP contribution in [0, 0.1) is 0 Å². The SMILES string of the molecule is CCn1cnnc1CCNC(=O)c1cccc2ccnn12. The molecule has 0 fully saturated rings. The molecule has 1 amide bonds. The van der Waals surface area contributed by atoms with Crippen LogP contribution in [0.2, 0.25) is 0 Å². The van der Waals surface area contributed by atoms with E-state index in [1.54, 1.807) is 23.1 Å². The fraction of sp³-hybridized carbons (Fsp3) is 0.286. The summed E-state index contributed by atoms with van der Waals surface area (Å²) in [6, 6.07) is 7.37. The Bertz CT molecular complexity index is 760. The number of hydrogen-bond acceptors (Lipinski definition) is 4. The third-order valence-corrected chi connectivity index (χ3v) is 3.32. The van der Waals surface area contributed by atoms with E-state index in [0.29, 0.717) is 18.7 Å². The predicted molar refractivity (Wildman–Crippen MR) is 76.9 cm³/mol. The predicted octanol–water partition coefficient (Wildman–Crippen LogP) is 0.918. The number of nitrogens with zero attached hydrogens (tertiary/aromatic N) is 5. The van der Waals surface area contributed by atoms with E-state index in [9.17, 15) is 4.79 Å². The van der Waals surface area contributed by atoms with E-state index >= 15 is 0 Å². The Hall–Kier alpha value is -2.70. The van der Waals surface area contributed by atoms with Crippen LogP contribution >= 0.6 is 0 Å². The first-order valence-corrected chi connectivity index (χ1v) is 6.87. The molecule has 108 valence electrons. The van der Waals surface area contributed by atoms with Crippen molar-refractivity contribution in [3.63, 3.8) is 0 Å². The van der Waals surface area contributed by atoms with Crippen molar-refractivity contribution >= 4 is 11.4 Å². The minimum absolute atomic E-state index is 0.146. The van der Waals surface area contributed by atoms with Crippen molar-refractivity contribution < 1.29 is 4.79 Å². The normalized spacial score (nSPS) is 10.9. The summed E-state index contributed by atoms with van der Waals surface area (Å²) >= 11 is 0. The molecule has 3 heterocycles. The summed E-state index contributed by atoms with van der Waals surface area (Å²) in [5.41, 5.74) is 1.42. The summed E-state index contributed by atoms with van der Waals surface area (Å²) in [6.45, 7) is 3.36. The van der Waals surface area contributed by atoms with E-state index in [-0.39, 0.29) is 5.91 Å². The average Bonchev–Trinajstić information content (AvgIpc) is 3.14. The molecular weight excluding hydrogens is 268 g/mol. The van der Waals surface area contributed by atoms with E-state index < -0.39 is 0 Å². The molecule has 0 aliphatic carbocycles. The summed E-state index contributed by atoms with van der Waals surface area (Å²) in [7, 11) is 0. The molecule has 7 nitrogen and oxygen atoms in total. The molecule has 0 spiro atoms. The lowest BCUT2D eigenvalue weighted by Crippen LogP contribution is -2.28. The first kappa shape index (κ1) is 13.3. The molecule has 0 aromatic carbocycles. The van der Waals surface area contributed by atoms with Crippen molar-refractivity contribution in [2.24, 2.45) is 0 Å². The van der Waals surface area contributed by atoms with Crippen LogP contribution in [-0.2, 0) is 13.0 Å². The van der Waals surface area contributed by atoms with Crippen LogP contribution in [0.3, 0.4) is 0 Å². The third kappa shape index (κ3) is 2.62. The van der Waals surface area contributed by atoms with Gasteiger partial charge in [-0.3, -0.25) is 4.79 Å². The van der Waals surface area contributed by atoms with Crippen molar-refractivity contribution in [1.29, 1.82) is 0 Å². The highest BCUT2D eigenvalue weighted by Crippen LogP contribution is 2.06. The third-order valence-electron chi connectivity index (χ3n) is 3.32. The van der Waals surface area contributed by atoms with Crippen LogP contribution in [-0.4, -0.2) is 36.8 Å². The van der Waals surface area contributed by atoms with E-state index in [1.165, 1.54) is 0 Å². The second-order valence-corrected chi connectivity index (χ2v) is 4.62. The lowest BCUT2D eigenvalue weighted by molar-refractivity contribution is 0.0946. The van der Waals surface area contributed by atoms with Crippen LogP contribution in [0.15, 0.2) is 36.8 Å². The lowest BCUT2D eigenvalue weighted by atomic mass is 10.3. The van der Waals surface area contributed by atoms with E-state index in [4.69, 9.17) is 0 Å². The standard InChI is InChI=1S/C14H16N6O/c1-2-19-10-16-18-13(19)7-8-15-14(21)12-5-3-4-11-6-9-17-20(11)12/h3-6,9-10H,2,7-8H2,1H3,(H,15,21). The Morgan fingerprint density at radius 1 is 1.33 bits per heavy atom. The van der Waals surface area contributed by atoms with Gasteiger partial charge in [0.05, 0.1) is 11.7 Å². The molecule has 3 aromatic heterocycles. The second kappa shape index (κ2) is 5.74. The Morgan fingerprint density at radius 2 is 2.24 bits per heavy atom. The largest absolute Gasteiger partial charge is 0.350 e. The van der Waals surface area contributed by atoms with Crippen LogP contribution in [0.1, 0.15) is 23.2 Å². The van der Waals surface area contributed by atoms with Crippen molar-refractivity contribution in [2.75, 3.05) is 6.54 Å². The summed E-state index contributed by atoms with van der Waals surface area (Å²) in [6.07, 6.45) is 4.02. The monoisotopic (exact) mass is 284 g/mol. The summed E-state index contributed by atoms with van der Waals surface area (Å²) < 4.78 is 3.59. The Kier molecular flexibility index (Phi) is 3.63. The van der Waals surface area contributed by atoms with Gasteiger partial charge in [0.1, 0.15) is 17.8 Å². The fourth-order valence-electron chi connectivity index (χ4n) is 2.24. The van der Waals surface area contributed by atoms with Gasteiger partial charge in [0.2, 0.25) is 0 Å². The number of aromatic nitrogens is 5. The number of rotatable bonds is 5. The number of fused-ring (bicyclic) bond motifs is 1. The van der Waals surface area contributed by atoms with Gasteiger partial charge < -0.3 is 9.88 Å². The number of amides is 1. The highest BCUT2D eigenvalue weighted by atomic mass is 16.1. The molecule has 0 saturated carbocycles. The zero-order chi connectivity index (χ0) is 14.7. The molecule has 21 heavy (non-hydrogen) atoms. The molecule has 3 rings (SSSR count). The minimum Gasteiger partial charge on any atom is -0.350 e. The van der Waals surface area contributed by atoms with E-state index in [1.807, 2.05) is 29.7 Å². The Balaban J connectivity index is 1.66. The van der Waals surface area contributed by atoms with Gasteiger partial charge in [0, 0.05) is 19.5 Å². The summed E-state index contributed by atoms with van der Waals surface area (Å²) in [4.78, 5) is 12.2. The van der Waals surface area contributed by atoms with E-state index in [0.717, 1.165) is 17.9 Å². The van der Waals surface area contributed by atoms with Crippen LogP contribution < -0.4 is 5.32 Å². The summed E-state index contributed by atoms with van der Waals surface area (Å²) in [5, 5.41) is 15.0. The number of carbonyl (C=O) groups is 1. The number of carbonyl (C=O) groups excluding carboxylic acids is 1. The topological polar surface area (TPSA) is 77.1 Å². The Morgan fingerprint density at radius 3 is 3.10 bits per heavy atom. The maximum atomic E-state index is 12.2. The summed E-state index contributed by atoms with van der Waals surface area (Å²) in [5.74, 6) is 0.724. The van der Waals surface area contributed by atoms with Gasteiger partial charge in [-0.05, 0) is 25.1 Å². The van der Waals surface area contributed by atoms with Crippen molar-refractivity contribution in [3.05, 3.63) is 48.3 Å². The number of pyridine rings is 1. The number of aryl methyl sites for hydroxylation is 1. The molecule has 0 aliphatic heterocycles. The number of nitrogens with one attached hydrogen (secondary N) is 1. The highest BCUT2D eigenvalue weighted by molar-refractivity contribution is 5.93. The number of hydrogen-bond donors (Lipinski definition) is 1. The molecule has 0 bridgehead atoms. The molecule has 0 atom stereocenters. The van der Waals surface area contributed by atoms with Crippen molar-refractivity contribution in [1.82, 2.24) is 29.7 Å².